The summed E-state index contributed by atoms with van der Waals surface area (Å²) in [6.45, 7) is 5.29. The van der Waals surface area contributed by atoms with Crippen molar-refractivity contribution in [3.8, 4) is 12.3 Å². The standard InChI is InChI=1S/C17H19NO3/c1-5-14(19)17(3,4)18-11-21-12(2)15(16(18)20)13-9-7-6-8-10-13/h1,6-10,14,19H,11H2,2-4H3. The van der Waals surface area contributed by atoms with Crippen molar-refractivity contribution in [2.75, 3.05) is 6.73 Å². The Bertz CT molecular complexity index is 611. The summed E-state index contributed by atoms with van der Waals surface area (Å²) >= 11 is 0. The lowest BCUT2D eigenvalue weighted by molar-refractivity contribution is -0.143. The number of benzene rings is 1. The van der Waals surface area contributed by atoms with Gasteiger partial charge in [-0.15, -0.1) is 6.42 Å². The van der Waals surface area contributed by atoms with Gasteiger partial charge in [0.15, 0.2) is 6.73 Å². The van der Waals surface area contributed by atoms with Crippen LogP contribution in [-0.4, -0.2) is 34.3 Å². The fraction of sp³-hybridized carbons (Fsp3) is 0.353. The van der Waals surface area contributed by atoms with Gasteiger partial charge in [0, 0.05) is 0 Å². The maximum absolute atomic E-state index is 12.8. The van der Waals surface area contributed by atoms with Gasteiger partial charge >= 0.3 is 0 Å². The van der Waals surface area contributed by atoms with Crippen LogP contribution in [-0.2, 0) is 9.53 Å². The van der Waals surface area contributed by atoms with Crippen molar-refractivity contribution in [2.45, 2.75) is 32.4 Å². The second-order valence-corrected chi connectivity index (χ2v) is 5.53. The molecule has 21 heavy (non-hydrogen) atoms. The summed E-state index contributed by atoms with van der Waals surface area (Å²) in [5.74, 6) is 2.67. The van der Waals surface area contributed by atoms with Gasteiger partial charge in [-0.1, -0.05) is 36.3 Å². The van der Waals surface area contributed by atoms with E-state index in [2.05, 4.69) is 5.92 Å². The van der Waals surface area contributed by atoms with Gasteiger partial charge in [-0.05, 0) is 26.3 Å². The van der Waals surface area contributed by atoms with Crippen molar-refractivity contribution in [1.82, 2.24) is 4.90 Å². The molecule has 0 radical (unpaired) electrons. The predicted molar refractivity (Wildman–Crippen MR) is 80.8 cm³/mol. The first-order chi connectivity index (χ1) is 9.89. The number of hydrogen-bond acceptors (Lipinski definition) is 3. The highest BCUT2D eigenvalue weighted by atomic mass is 16.5. The lowest BCUT2D eigenvalue weighted by Gasteiger charge is -2.42. The van der Waals surface area contributed by atoms with Crippen molar-refractivity contribution in [2.24, 2.45) is 0 Å². The van der Waals surface area contributed by atoms with Crippen molar-refractivity contribution < 1.29 is 14.6 Å². The Hall–Kier alpha value is -2.25. The molecule has 110 valence electrons. The van der Waals surface area contributed by atoms with Crippen LogP contribution in [0.5, 0.6) is 0 Å². The molecule has 0 saturated heterocycles. The molecular formula is C17H19NO3. The minimum Gasteiger partial charge on any atom is -0.477 e. The van der Waals surface area contributed by atoms with Gasteiger partial charge in [0.05, 0.1) is 11.1 Å². The molecular weight excluding hydrogens is 266 g/mol. The van der Waals surface area contributed by atoms with Crippen LogP contribution in [0.3, 0.4) is 0 Å². The van der Waals surface area contributed by atoms with Crippen LogP contribution in [0, 0.1) is 12.3 Å². The number of amides is 1. The summed E-state index contributed by atoms with van der Waals surface area (Å²) in [6, 6.07) is 9.33. The van der Waals surface area contributed by atoms with E-state index in [0.29, 0.717) is 11.3 Å². The summed E-state index contributed by atoms with van der Waals surface area (Å²) in [6.07, 6.45) is 4.22. The molecule has 1 unspecified atom stereocenters. The van der Waals surface area contributed by atoms with E-state index in [1.807, 2.05) is 30.3 Å². The molecule has 0 fully saturated rings. The van der Waals surface area contributed by atoms with Crippen LogP contribution in [0.4, 0.5) is 0 Å². The van der Waals surface area contributed by atoms with E-state index in [4.69, 9.17) is 11.2 Å². The van der Waals surface area contributed by atoms with E-state index in [9.17, 15) is 9.90 Å². The fourth-order valence-corrected chi connectivity index (χ4v) is 2.29. The van der Waals surface area contributed by atoms with Gasteiger partial charge in [0.25, 0.3) is 5.91 Å². The van der Waals surface area contributed by atoms with Gasteiger partial charge < -0.3 is 9.84 Å². The van der Waals surface area contributed by atoms with Gasteiger partial charge in [-0.25, -0.2) is 0 Å². The van der Waals surface area contributed by atoms with Crippen LogP contribution in [0.2, 0.25) is 0 Å². The minimum absolute atomic E-state index is 0.0761. The Morgan fingerprint density at radius 2 is 2.00 bits per heavy atom. The Morgan fingerprint density at radius 1 is 1.38 bits per heavy atom. The number of terminal acetylenes is 1. The third kappa shape index (κ3) is 2.65. The van der Waals surface area contributed by atoms with E-state index in [0.717, 1.165) is 5.56 Å². The van der Waals surface area contributed by atoms with Crippen LogP contribution in [0.1, 0.15) is 26.3 Å². The van der Waals surface area contributed by atoms with Crippen molar-refractivity contribution in [3.05, 3.63) is 41.7 Å². The number of allylic oxidation sites excluding steroid dienone is 1. The smallest absolute Gasteiger partial charge is 0.261 e. The summed E-state index contributed by atoms with van der Waals surface area (Å²) in [5, 5.41) is 9.98. The summed E-state index contributed by atoms with van der Waals surface area (Å²) < 4.78 is 5.61. The fourth-order valence-electron chi connectivity index (χ4n) is 2.29. The first kappa shape index (κ1) is 15.1. The van der Waals surface area contributed by atoms with Crippen molar-refractivity contribution in [1.29, 1.82) is 0 Å². The van der Waals surface area contributed by atoms with Gasteiger partial charge in [0.2, 0.25) is 0 Å². The molecule has 1 N–H and O–H groups in total. The molecule has 0 aliphatic carbocycles. The van der Waals surface area contributed by atoms with Crippen LogP contribution in [0.15, 0.2) is 36.1 Å². The molecule has 4 nitrogen and oxygen atoms in total. The first-order valence-corrected chi connectivity index (χ1v) is 6.75. The van der Waals surface area contributed by atoms with E-state index in [1.54, 1.807) is 20.8 Å². The summed E-state index contributed by atoms with van der Waals surface area (Å²) in [7, 11) is 0. The van der Waals surface area contributed by atoms with Crippen LogP contribution >= 0.6 is 0 Å². The zero-order valence-corrected chi connectivity index (χ0v) is 12.5. The highest BCUT2D eigenvalue weighted by Gasteiger charge is 2.41. The molecule has 0 bridgehead atoms. The van der Waals surface area contributed by atoms with Gasteiger partial charge in [-0.3, -0.25) is 9.69 Å². The van der Waals surface area contributed by atoms with Gasteiger partial charge in [0.1, 0.15) is 11.9 Å². The maximum atomic E-state index is 12.8. The molecule has 4 heteroatoms. The number of carbonyl (C=O) groups is 1. The number of ether oxygens (including phenoxy) is 1. The average Bonchev–Trinajstić information content (AvgIpc) is 2.47. The number of aliphatic hydroxyl groups is 1. The Morgan fingerprint density at radius 3 is 2.57 bits per heavy atom. The van der Waals surface area contributed by atoms with Crippen molar-refractivity contribution in [3.63, 3.8) is 0 Å². The maximum Gasteiger partial charge on any atom is 0.261 e. The molecule has 1 aromatic carbocycles. The SMILES string of the molecule is C#CC(O)C(C)(C)N1COC(C)=C(c2ccccc2)C1=O. The van der Waals surface area contributed by atoms with E-state index in [1.165, 1.54) is 4.90 Å². The molecule has 1 aromatic rings. The molecule has 1 aliphatic heterocycles. The summed E-state index contributed by atoms with van der Waals surface area (Å²) in [4.78, 5) is 14.3. The number of rotatable bonds is 3. The number of hydrogen-bond donors (Lipinski definition) is 1. The zero-order valence-electron chi connectivity index (χ0n) is 12.5. The highest BCUT2D eigenvalue weighted by molar-refractivity contribution is 6.20. The quantitative estimate of drug-likeness (QED) is 0.864. The predicted octanol–water partition coefficient (Wildman–Crippen LogP) is 2.01. The molecule has 1 amide bonds. The number of nitrogens with zero attached hydrogens (tertiary/aromatic N) is 1. The topological polar surface area (TPSA) is 49.8 Å². The molecule has 1 heterocycles. The monoisotopic (exact) mass is 285 g/mol. The Kier molecular flexibility index (Phi) is 4.06. The van der Waals surface area contributed by atoms with Gasteiger partial charge in [-0.2, -0.15) is 0 Å². The molecule has 2 rings (SSSR count). The second kappa shape index (κ2) is 5.63. The summed E-state index contributed by atoms with van der Waals surface area (Å²) in [5.41, 5.74) is 0.377. The molecule has 1 aliphatic rings. The van der Waals surface area contributed by atoms with E-state index in [-0.39, 0.29) is 12.6 Å². The third-order valence-electron chi connectivity index (χ3n) is 3.81. The van der Waals surface area contributed by atoms with E-state index >= 15 is 0 Å². The molecule has 0 aromatic heterocycles. The Labute approximate surface area is 125 Å². The molecule has 1 atom stereocenters. The zero-order chi connectivity index (χ0) is 15.6. The second-order valence-electron chi connectivity index (χ2n) is 5.53. The third-order valence-corrected chi connectivity index (χ3v) is 3.81. The molecule has 0 spiro atoms. The normalized spacial score (nSPS) is 17.3. The molecule has 0 saturated carbocycles. The van der Waals surface area contributed by atoms with Crippen molar-refractivity contribution >= 4 is 11.5 Å². The number of carbonyl (C=O) groups excluding carboxylic acids is 1. The first-order valence-electron chi connectivity index (χ1n) is 6.75. The lowest BCUT2D eigenvalue weighted by Crippen LogP contribution is -2.56. The number of aliphatic hydroxyl groups excluding tert-OH is 1. The largest absolute Gasteiger partial charge is 0.477 e. The van der Waals surface area contributed by atoms with Crippen LogP contribution < -0.4 is 0 Å². The lowest BCUT2D eigenvalue weighted by atomic mass is 9.93. The highest BCUT2D eigenvalue weighted by Crippen LogP contribution is 2.31. The van der Waals surface area contributed by atoms with E-state index < -0.39 is 11.6 Å². The average molecular weight is 285 g/mol. The Balaban J connectivity index is 2.42. The minimum atomic E-state index is -1.07. The van der Waals surface area contributed by atoms with Crippen LogP contribution in [0.25, 0.3) is 5.57 Å².